The summed E-state index contributed by atoms with van der Waals surface area (Å²) in [4.78, 5) is 13.6. The van der Waals surface area contributed by atoms with Gasteiger partial charge < -0.3 is 10.6 Å². The quantitative estimate of drug-likeness (QED) is 0.695. The number of amides is 1. The van der Waals surface area contributed by atoms with Crippen LogP contribution in [-0.4, -0.2) is 29.9 Å². The number of hydrogen-bond donors (Lipinski definition) is 1. The van der Waals surface area contributed by atoms with Crippen LogP contribution in [0.1, 0.15) is 33.1 Å². The smallest absolute Gasteiger partial charge is 0.239 e. The van der Waals surface area contributed by atoms with Gasteiger partial charge >= 0.3 is 0 Å². The molecule has 0 radical (unpaired) electrons. The van der Waals surface area contributed by atoms with Crippen LogP contribution in [0.2, 0.25) is 0 Å². The lowest BCUT2D eigenvalue weighted by molar-refractivity contribution is -0.134. The van der Waals surface area contributed by atoms with E-state index in [4.69, 9.17) is 5.73 Å². The maximum atomic E-state index is 11.7. The summed E-state index contributed by atoms with van der Waals surface area (Å²) in [6, 6.07) is -0.287. The number of rotatable bonds is 2. The second-order valence-corrected chi connectivity index (χ2v) is 4.05. The van der Waals surface area contributed by atoms with E-state index in [0.717, 1.165) is 25.9 Å². The summed E-state index contributed by atoms with van der Waals surface area (Å²) < 4.78 is 0. The van der Waals surface area contributed by atoms with Crippen molar-refractivity contribution < 1.29 is 4.79 Å². The number of carbonyl (C=O) groups excluding carboxylic acids is 1. The first-order valence-corrected chi connectivity index (χ1v) is 5.19. The molecule has 0 aromatic heterocycles. The molecule has 76 valence electrons. The van der Waals surface area contributed by atoms with Gasteiger partial charge in [0.1, 0.15) is 0 Å². The minimum absolute atomic E-state index is 0.133. The summed E-state index contributed by atoms with van der Waals surface area (Å²) in [5, 5.41) is 0. The third-order valence-corrected chi connectivity index (χ3v) is 2.73. The van der Waals surface area contributed by atoms with E-state index in [-0.39, 0.29) is 11.9 Å². The molecule has 1 rings (SSSR count). The molecule has 0 aromatic carbocycles. The van der Waals surface area contributed by atoms with Gasteiger partial charge in [0.05, 0.1) is 6.04 Å². The summed E-state index contributed by atoms with van der Waals surface area (Å²) in [6.45, 7) is 5.94. The van der Waals surface area contributed by atoms with Gasteiger partial charge in [-0.05, 0) is 25.2 Å². The van der Waals surface area contributed by atoms with Gasteiger partial charge in [0.25, 0.3) is 0 Å². The highest BCUT2D eigenvalue weighted by Crippen LogP contribution is 2.16. The number of hydrogen-bond acceptors (Lipinski definition) is 2. The molecule has 0 aliphatic carbocycles. The molecule has 3 nitrogen and oxygen atoms in total. The van der Waals surface area contributed by atoms with Crippen molar-refractivity contribution >= 4 is 5.91 Å². The summed E-state index contributed by atoms with van der Waals surface area (Å²) in [5.41, 5.74) is 5.70. The largest absolute Gasteiger partial charge is 0.341 e. The van der Waals surface area contributed by atoms with E-state index >= 15 is 0 Å². The first-order chi connectivity index (χ1) is 6.15. The zero-order valence-corrected chi connectivity index (χ0v) is 8.62. The average molecular weight is 184 g/mol. The Morgan fingerprint density at radius 3 is 2.92 bits per heavy atom. The van der Waals surface area contributed by atoms with Crippen LogP contribution < -0.4 is 5.73 Å². The van der Waals surface area contributed by atoms with Crippen LogP contribution in [0.15, 0.2) is 0 Å². The maximum absolute atomic E-state index is 11.7. The van der Waals surface area contributed by atoms with Crippen molar-refractivity contribution in [1.82, 2.24) is 4.90 Å². The van der Waals surface area contributed by atoms with E-state index < -0.39 is 0 Å². The highest BCUT2D eigenvalue weighted by molar-refractivity contribution is 5.81. The van der Waals surface area contributed by atoms with Crippen molar-refractivity contribution in [2.75, 3.05) is 13.1 Å². The van der Waals surface area contributed by atoms with E-state index in [1.807, 2.05) is 11.8 Å². The SMILES string of the molecule is CC[C@@H](N)C(=O)N1CCCC(C)C1. The predicted molar refractivity (Wildman–Crippen MR) is 53.2 cm³/mol. The molecule has 3 heteroatoms. The molecule has 1 heterocycles. The highest BCUT2D eigenvalue weighted by Gasteiger charge is 2.23. The minimum atomic E-state index is -0.287. The van der Waals surface area contributed by atoms with Crippen molar-refractivity contribution in [2.24, 2.45) is 11.7 Å². The molecule has 0 spiro atoms. The molecule has 1 amide bonds. The zero-order valence-electron chi connectivity index (χ0n) is 8.62. The Hall–Kier alpha value is -0.570. The molecular weight excluding hydrogens is 164 g/mol. The van der Waals surface area contributed by atoms with E-state index in [1.54, 1.807) is 0 Å². The monoisotopic (exact) mass is 184 g/mol. The number of piperidine rings is 1. The van der Waals surface area contributed by atoms with Crippen LogP contribution in [0.25, 0.3) is 0 Å². The topological polar surface area (TPSA) is 46.3 Å². The van der Waals surface area contributed by atoms with E-state index in [0.29, 0.717) is 5.92 Å². The lowest BCUT2D eigenvalue weighted by atomic mass is 9.99. The third kappa shape index (κ3) is 2.69. The standard InChI is InChI=1S/C10H20N2O/c1-3-9(11)10(13)12-6-4-5-8(2)7-12/h8-9H,3-7,11H2,1-2H3/t8?,9-/m1/s1. The second-order valence-electron chi connectivity index (χ2n) is 4.05. The fourth-order valence-electron chi connectivity index (χ4n) is 1.80. The Labute approximate surface area is 80.3 Å². The molecule has 0 aromatic rings. The molecule has 1 unspecified atom stereocenters. The first kappa shape index (κ1) is 10.5. The van der Waals surface area contributed by atoms with Gasteiger partial charge in [-0.2, -0.15) is 0 Å². The maximum Gasteiger partial charge on any atom is 0.239 e. The zero-order chi connectivity index (χ0) is 9.84. The summed E-state index contributed by atoms with van der Waals surface area (Å²) in [7, 11) is 0. The molecule has 13 heavy (non-hydrogen) atoms. The lowest BCUT2D eigenvalue weighted by Gasteiger charge is -2.32. The second kappa shape index (κ2) is 4.61. The number of nitrogens with zero attached hydrogens (tertiary/aromatic N) is 1. The van der Waals surface area contributed by atoms with Crippen LogP contribution in [0.3, 0.4) is 0 Å². The molecule has 0 bridgehead atoms. The Morgan fingerprint density at radius 1 is 1.69 bits per heavy atom. The molecule has 2 atom stereocenters. The van der Waals surface area contributed by atoms with Crippen LogP contribution in [0.4, 0.5) is 0 Å². The summed E-state index contributed by atoms with van der Waals surface area (Å²) in [6.07, 6.45) is 3.11. The molecule has 1 aliphatic heterocycles. The molecular formula is C10H20N2O. The normalized spacial score (nSPS) is 25.8. The third-order valence-electron chi connectivity index (χ3n) is 2.73. The van der Waals surface area contributed by atoms with E-state index in [2.05, 4.69) is 6.92 Å². The molecule has 1 aliphatic rings. The van der Waals surface area contributed by atoms with Crippen LogP contribution in [0, 0.1) is 5.92 Å². The van der Waals surface area contributed by atoms with E-state index in [9.17, 15) is 4.79 Å². The van der Waals surface area contributed by atoms with Gasteiger partial charge in [0.2, 0.25) is 5.91 Å². The van der Waals surface area contributed by atoms with Gasteiger partial charge in [-0.1, -0.05) is 13.8 Å². The number of carbonyl (C=O) groups is 1. The van der Waals surface area contributed by atoms with E-state index in [1.165, 1.54) is 6.42 Å². The summed E-state index contributed by atoms with van der Waals surface area (Å²) >= 11 is 0. The predicted octanol–water partition coefficient (Wildman–Crippen LogP) is 0.982. The van der Waals surface area contributed by atoms with Crippen LogP contribution in [-0.2, 0) is 4.79 Å². The van der Waals surface area contributed by atoms with Crippen molar-refractivity contribution in [3.05, 3.63) is 0 Å². The van der Waals surface area contributed by atoms with Crippen molar-refractivity contribution in [2.45, 2.75) is 39.2 Å². The summed E-state index contributed by atoms with van der Waals surface area (Å²) in [5.74, 6) is 0.774. The lowest BCUT2D eigenvalue weighted by Crippen LogP contribution is -2.47. The Morgan fingerprint density at radius 2 is 2.38 bits per heavy atom. The first-order valence-electron chi connectivity index (χ1n) is 5.19. The Kier molecular flexibility index (Phi) is 3.72. The van der Waals surface area contributed by atoms with Crippen molar-refractivity contribution in [1.29, 1.82) is 0 Å². The van der Waals surface area contributed by atoms with Gasteiger partial charge in [0, 0.05) is 13.1 Å². The molecule has 1 fully saturated rings. The fourth-order valence-corrected chi connectivity index (χ4v) is 1.80. The van der Waals surface area contributed by atoms with Gasteiger partial charge in [-0.3, -0.25) is 4.79 Å². The fraction of sp³-hybridized carbons (Fsp3) is 0.900. The Balaban J connectivity index is 2.46. The molecule has 0 saturated carbocycles. The van der Waals surface area contributed by atoms with Crippen LogP contribution in [0.5, 0.6) is 0 Å². The number of likely N-dealkylation sites (tertiary alicyclic amines) is 1. The average Bonchev–Trinajstić information content (AvgIpc) is 2.15. The Bertz CT molecular complexity index is 182. The van der Waals surface area contributed by atoms with Crippen molar-refractivity contribution in [3.8, 4) is 0 Å². The molecule has 1 saturated heterocycles. The van der Waals surface area contributed by atoms with Gasteiger partial charge in [-0.25, -0.2) is 0 Å². The highest BCUT2D eigenvalue weighted by atomic mass is 16.2. The van der Waals surface area contributed by atoms with Gasteiger partial charge in [-0.15, -0.1) is 0 Å². The number of nitrogens with two attached hydrogens (primary N) is 1. The molecule has 2 N–H and O–H groups in total. The minimum Gasteiger partial charge on any atom is -0.341 e. The van der Waals surface area contributed by atoms with Gasteiger partial charge in [0.15, 0.2) is 0 Å². The van der Waals surface area contributed by atoms with Crippen LogP contribution >= 0.6 is 0 Å². The van der Waals surface area contributed by atoms with Crippen molar-refractivity contribution in [3.63, 3.8) is 0 Å².